The summed E-state index contributed by atoms with van der Waals surface area (Å²) in [7, 11) is 3.29. The van der Waals surface area contributed by atoms with Crippen molar-refractivity contribution in [1.29, 1.82) is 0 Å². The van der Waals surface area contributed by atoms with Crippen molar-refractivity contribution in [2.24, 2.45) is 0 Å². The minimum absolute atomic E-state index is 0.204. The van der Waals surface area contributed by atoms with Crippen molar-refractivity contribution in [3.63, 3.8) is 0 Å². The lowest BCUT2D eigenvalue weighted by molar-refractivity contribution is 0.0943. The van der Waals surface area contributed by atoms with E-state index in [1.165, 1.54) is 28.0 Å². The van der Waals surface area contributed by atoms with Gasteiger partial charge >= 0.3 is 0 Å². The Hall–Kier alpha value is -3.62. The number of hydrogen-bond acceptors (Lipinski definition) is 7. The zero-order valence-electron chi connectivity index (χ0n) is 20.8. The van der Waals surface area contributed by atoms with Crippen molar-refractivity contribution in [3.05, 3.63) is 99.4 Å². The Balaban J connectivity index is 1.43. The zero-order valence-corrected chi connectivity index (χ0v) is 21.6. The van der Waals surface area contributed by atoms with Gasteiger partial charge in [0.2, 0.25) is 0 Å². The fourth-order valence-electron chi connectivity index (χ4n) is 3.84. The highest BCUT2D eigenvalue weighted by Crippen LogP contribution is 2.28. The molecule has 0 aliphatic rings. The number of carbonyl (C=O) groups excluding carboxylic acids is 1. The highest BCUT2D eigenvalue weighted by atomic mass is 32.1. The molecule has 0 aliphatic carbocycles. The Morgan fingerprint density at radius 2 is 1.81 bits per heavy atom. The number of aromatic nitrogens is 1. The lowest BCUT2D eigenvalue weighted by atomic mass is 10.1. The zero-order chi connectivity index (χ0) is 25.3. The summed E-state index contributed by atoms with van der Waals surface area (Å²) in [5.41, 5.74) is 4.07. The van der Waals surface area contributed by atoms with Gasteiger partial charge in [-0.05, 0) is 48.7 Å². The third-order valence-electron chi connectivity index (χ3n) is 5.84. The molecule has 4 rings (SSSR count). The molecule has 4 aromatic rings. The van der Waals surface area contributed by atoms with Gasteiger partial charge in [0.1, 0.15) is 16.5 Å². The van der Waals surface area contributed by atoms with E-state index in [2.05, 4.69) is 52.5 Å². The lowest BCUT2D eigenvalue weighted by Crippen LogP contribution is -2.26. The van der Waals surface area contributed by atoms with Gasteiger partial charge in [0.15, 0.2) is 11.5 Å². The van der Waals surface area contributed by atoms with Gasteiger partial charge in [-0.3, -0.25) is 9.69 Å². The van der Waals surface area contributed by atoms with Gasteiger partial charge in [0, 0.05) is 18.5 Å². The summed E-state index contributed by atoms with van der Waals surface area (Å²) < 4.78 is 16.1. The molecule has 0 atom stereocenters. The van der Waals surface area contributed by atoms with Gasteiger partial charge in [-0.2, -0.15) is 0 Å². The highest BCUT2D eigenvalue weighted by molar-refractivity contribution is 7.09. The molecule has 2 heterocycles. The van der Waals surface area contributed by atoms with Crippen LogP contribution in [0, 0.1) is 6.92 Å². The average molecular weight is 506 g/mol. The first-order valence-electron chi connectivity index (χ1n) is 11.8. The van der Waals surface area contributed by atoms with Crippen LogP contribution >= 0.6 is 11.3 Å². The number of hydrogen-bond donors (Lipinski definition) is 1. The summed E-state index contributed by atoms with van der Waals surface area (Å²) in [6.07, 6.45) is 2.43. The number of furan rings is 1. The molecule has 0 bridgehead atoms. The second-order valence-corrected chi connectivity index (χ2v) is 9.47. The first-order chi connectivity index (χ1) is 17.5. The third kappa shape index (κ3) is 6.96. The molecule has 0 saturated heterocycles. The van der Waals surface area contributed by atoms with E-state index in [-0.39, 0.29) is 5.91 Å². The van der Waals surface area contributed by atoms with Crippen molar-refractivity contribution in [3.8, 4) is 11.5 Å². The highest BCUT2D eigenvalue weighted by Gasteiger charge is 2.15. The van der Waals surface area contributed by atoms with Crippen LogP contribution < -0.4 is 14.8 Å². The van der Waals surface area contributed by atoms with Crippen LogP contribution in [0.2, 0.25) is 0 Å². The Morgan fingerprint density at radius 1 is 1.03 bits per heavy atom. The van der Waals surface area contributed by atoms with E-state index < -0.39 is 0 Å². The predicted octanol–water partition coefficient (Wildman–Crippen LogP) is 5.24. The molecule has 7 nitrogen and oxygen atoms in total. The Bertz CT molecular complexity index is 1250. The van der Waals surface area contributed by atoms with E-state index >= 15 is 0 Å². The maximum Gasteiger partial charge on any atom is 0.271 e. The van der Waals surface area contributed by atoms with E-state index in [0.29, 0.717) is 24.5 Å². The number of rotatable bonds is 12. The minimum atomic E-state index is -0.204. The number of thiazole rings is 1. The van der Waals surface area contributed by atoms with Crippen molar-refractivity contribution in [1.82, 2.24) is 15.2 Å². The molecule has 1 amide bonds. The number of ether oxygens (including phenoxy) is 2. The van der Waals surface area contributed by atoms with Gasteiger partial charge in [-0.25, -0.2) is 4.98 Å². The molecule has 0 saturated carbocycles. The molecule has 188 valence electrons. The molecule has 0 fully saturated rings. The number of carbonyl (C=O) groups is 1. The number of amides is 1. The van der Waals surface area contributed by atoms with E-state index in [0.717, 1.165) is 36.0 Å². The largest absolute Gasteiger partial charge is 0.493 e. The predicted molar refractivity (Wildman–Crippen MR) is 141 cm³/mol. The van der Waals surface area contributed by atoms with E-state index in [4.69, 9.17) is 13.9 Å². The van der Waals surface area contributed by atoms with E-state index in [1.807, 2.05) is 23.6 Å². The van der Waals surface area contributed by atoms with Crippen LogP contribution in [0.1, 0.15) is 37.9 Å². The number of nitrogens with one attached hydrogen (secondary N) is 1. The van der Waals surface area contributed by atoms with Crippen molar-refractivity contribution in [2.75, 3.05) is 20.8 Å². The summed E-state index contributed by atoms with van der Waals surface area (Å²) in [4.78, 5) is 19.5. The Kier molecular flexibility index (Phi) is 8.76. The van der Waals surface area contributed by atoms with E-state index in [1.54, 1.807) is 26.5 Å². The molecule has 2 aromatic carbocycles. The quantitative estimate of drug-likeness (QED) is 0.284. The molecule has 8 heteroatoms. The lowest BCUT2D eigenvalue weighted by Gasteiger charge is -2.22. The fraction of sp³-hybridized carbons (Fsp3) is 0.286. The molecule has 0 unspecified atom stereocenters. The smallest absolute Gasteiger partial charge is 0.271 e. The summed E-state index contributed by atoms with van der Waals surface area (Å²) in [6.45, 7) is 4.68. The van der Waals surface area contributed by atoms with Crippen LogP contribution in [0.4, 0.5) is 0 Å². The van der Waals surface area contributed by atoms with Crippen LogP contribution in [0.15, 0.2) is 70.7 Å². The molecule has 0 radical (unpaired) electrons. The van der Waals surface area contributed by atoms with Crippen molar-refractivity contribution >= 4 is 17.2 Å². The molecule has 0 spiro atoms. The number of aryl methyl sites for hydroxylation is 1. The molecular weight excluding hydrogens is 474 g/mol. The van der Waals surface area contributed by atoms with Crippen molar-refractivity contribution in [2.45, 2.75) is 33.0 Å². The van der Waals surface area contributed by atoms with Crippen molar-refractivity contribution < 1.29 is 18.7 Å². The minimum Gasteiger partial charge on any atom is -0.493 e. The monoisotopic (exact) mass is 505 g/mol. The maximum atomic E-state index is 12.5. The maximum absolute atomic E-state index is 12.5. The molecular formula is C28H31N3O4S. The van der Waals surface area contributed by atoms with Crippen LogP contribution in [-0.2, 0) is 26.1 Å². The summed E-state index contributed by atoms with van der Waals surface area (Å²) in [5.74, 6) is 1.95. The van der Waals surface area contributed by atoms with Crippen LogP contribution in [0.25, 0.3) is 0 Å². The number of nitrogens with zero attached hydrogens (tertiary/aromatic N) is 2. The Labute approximate surface area is 215 Å². The first kappa shape index (κ1) is 25.5. The van der Waals surface area contributed by atoms with Gasteiger partial charge in [0.05, 0.1) is 33.6 Å². The summed E-state index contributed by atoms with van der Waals surface area (Å²) in [5, 5.41) is 5.57. The molecule has 2 aromatic heterocycles. The summed E-state index contributed by atoms with van der Waals surface area (Å²) in [6, 6.07) is 18.2. The van der Waals surface area contributed by atoms with E-state index in [9.17, 15) is 4.79 Å². The average Bonchev–Trinajstić information content (AvgIpc) is 3.59. The first-order valence-corrected chi connectivity index (χ1v) is 12.7. The SMILES string of the molecule is COc1ccc(CCN(Cc2ccc(C)cc2)Cc2nc(C(=O)NCc3ccco3)cs2)cc1OC. The second-order valence-electron chi connectivity index (χ2n) is 8.52. The van der Waals surface area contributed by atoms with Gasteiger partial charge in [-0.15, -0.1) is 11.3 Å². The Morgan fingerprint density at radius 3 is 2.53 bits per heavy atom. The molecule has 36 heavy (non-hydrogen) atoms. The number of benzene rings is 2. The third-order valence-corrected chi connectivity index (χ3v) is 6.67. The van der Waals surface area contributed by atoms with Crippen LogP contribution in [0.3, 0.4) is 0 Å². The number of methoxy groups -OCH3 is 2. The topological polar surface area (TPSA) is 76.8 Å². The standard InChI is InChI=1S/C28H31N3O4S/c1-20-6-8-22(9-7-20)17-31(13-12-21-10-11-25(33-2)26(15-21)34-3)18-27-30-24(19-36-27)28(32)29-16-23-5-4-14-35-23/h4-11,14-15,19H,12-13,16-18H2,1-3H3,(H,29,32). The molecule has 1 N–H and O–H groups in total. The fourth-order valence-corrected chi connectivity index (χ4v) is 4.65. The van der Waals surface area contributed by atoms with Gasteiger partial charge < -0.3 is 19.2 Å². The molecule has 0 aliphatic heterocycles. The second kappa shape index (κ2) is 12.4. The normalized spacial score (nSPS) is 11.0. The van der Waals surface area contributed by atoms with Crippen LogP contribution in [0.5, 0.6) is 11.5 Å². The van der Waals surface area contributed by atoms with Gasteiger partial charge in [-0.1, -0.05) is 35.9 Å². The summed E-state index contributed by atoms with van der Waals surface area (Å²) >= 11 is 1.50. The van der Waals surface area contributed by atoms with Gasteiger partial charge in [0.25, 0.3) is 5.91 Å². The van der Waals surface area contributed by atoms with Crippen LogP contribution in [-0.4, -0.2) is 36.6 Å².